The molecule has 1 rings (SSSR count). The average Bonchev–Trinajstić information content (AvgIpc) is 2.43. The molecule has 1 atom stereocenters. The summed E-state index contributed by atoms with van der Waals surface area (Å²) in [5.41, 5.74) is 0.967. The van der Waals surface area contributed by atoms with Crippen molar-refractivity contribution in [1.29, 1.82) is 0 Å². The van der Waals surface area contributed by atoms with Crippen LogP contribution in [0.25, 0.3) is 0 Å². The number of hydrogen-bond acceptors (Lipinski definition) is 4. The van der Waals surface area contributed by atoms with Gasteiger partial charge in [0.05, 0.1) is 4.90 Å². The van der Waals surface area contributed by atoms with Gasteiger partial charge >= 0.3 is 0 Å². The monoisotopic (exact) mass is 299 g/mol. The zero-order chi connectivity index (χ0) is 15.3. The van der Waals surface area contributed by atoms with Crippen LogP contribution in [0.2, 0.25) is 0 Å². The molecule has 0 fully saturated rings. The first-order chi connectivity index (χ1) is 9.28. The summed E-state index contributed by atoms with van der Waals surface area (Å²) in [5, 5.41) is 3.11. The maximum Gasteiger partial charge on any atom is 0.242 e. The van der Waals surface area contributed by atoms with E-state index in [1.807, 2.05) is 39.0 Å². The molecule has 0 aliphatic rings. The van der Waals surface area contributed by atoms with Crippen LogP contribution >= 0.6 is 0 Å². The minimum absolute atomic E-state index is 0.122. The molecule has 0 saturated heterocycles. The summed E-state index contributed by atoms with van der Waals surface area (Å²) < 4.78 is 26.4. The van der Waals surface area contributed by atoms with Crippen molar-refractivity contribution in [3.05, 3.63) is 29.8 Å². The molecule has 0 amide bonds. The van der Waals surface area contributed by atoms with Crippen molar-refractivity contribution < 1.29 is 8.42 Å². The summed E-state index contributed by atoms with van der Waals surface area (Å²) in [6, 6.07) is 7.23. The number of sulfonamides is 1. The third-order valence-corrected chi connectivity index (χ3v) is 5.21. The highest BCUT2D eigenvalue weighted by Crippen LogP contribution is 2.19. The molecule has 6 heteroatoms. The third kappa shape index (κ3) is 4.28. The topological polar surface area (TPSA) is 52.7 Å². The molecular weight excluding hydrogens is 274 g/mol. The van der Waals surface area contributed by atoms with E-state index in [1.165, 1.54) is 4.31 Å². The van der Waals surface area contributed by atoms with Gasteiger partial charge in [-0.3, -0.25) is 0 Å². The second-order valence-corrected chi connectivity index (χ2v) is 7.26. The minimum atomic E-state index is -3.42. The molecule has 0 saturated carbocycles. The second kappa shape index (κ2) is 7.17. The lowest BCUT2D eigenvalue weighted by Gasteiger charge is -2.20. The van der Waals surface area contributed by atoms with Crippen LogP contribution in [-0.2, 0) is 10.0 Å². The molecule has 5 nitrogen and oxygen atoms in total. The fourth-order valence-corrected chi connectivity index (χ4v) is 2.97. The molecule has 0 spiro atoms. The van der Waals surface area contributed by atoms with Crippen LogP contribution in [0, 0.1) is 0 Å². The number of hydrogen-bond donors (Lipinski definition) is 1. The van der Waals surface area contributed by atoms with E-state index in [1.54, 1.807) is 25.2 Å². The van der Waals surface area contributed by atoms with Crippen molar-refractivity contribution in [3.8, 4) is 0 Å². The zero-order valence-corrected chi connectivity index (χ0v) is 13.7. The largest absolute Gasteiger partial charge is 0.313 e. The Bertz CT molecular complexity index is 529. The fourth-order valence-electron chi connectivity index (χ4n) is 1.75. The number of rotatable bonds is 7. The molecule has 20 heavy (non-hydrogen) atoms. The van der Waals surface area contributed by atoms with Crippen molar-refractivity contribution in [1.82, 2.24) is 14.5 Å². The molecule has 0 aliphatic carbocycles. The molecule has 0 aromatic heterocycles. The van der Waals surface area contributed by atoms with Crippen LogP contribution in [0.5, 0.6) is 0 Å². The minimum Gasteiger partial charge on any atom is -0.313 e. The number of nitrogens with one attached hydrogen (secondary N) is 1. The number of likely N-dealkylation sites (N-methyl/N-ethyl adjacent to an activating group) is 2. The van der Waals surface area contributed by atoms with Gasteiger partial charge in [-0.25, -0.2) is 8.42 Å². The fraction of sp³-hybridized carbons (Fsp3) is 0.571. The van der Waals surface area contributed by atoms with Crippen LogP contribution in [-0.4, -0.2) is 58.9 Å². The quantitative estimate of drug-likeness (QED) is 0.820. The zero-order valence-electron chi connectivity index (χ0n) is 12.9. The SMILES string of the molecule is CNC(C)c1cccc(S(=O)(=O)N(C)CCN(C)C)c1. The van der Waals surface area contributed by atoms with Crippen LogP contribution in [0.3, 0.4) is 0 Å². The summed E-state index contributed by atoms with van der Waals surface area (Å²) in [5.74, 6) is 0. The summed E-state index contributed by atoms with van der Waals surface area (Å²) in [4.78, 5) is 2.31. The van der Waals surface area contributed by atoms with Crippen LogP contribution in [0.4, 0.5) is 0 Å². The van der Waals surface area contributed by atoms with Gasteiger partial charge in [0.1, 0.15) is 0 Å². The highest BCUT2D eigenvalue weighted by Gasteiger charge is 2.21. The smallest absolute Gasteiger partial charge is 0.242 e. The maximum atomic E-state index is 12.5. The second-order valence-electron chi connectivity index (χ2n) is 5.21. The number of benzene rings is 1. The van der Waals surface area contributed by atoms with E-state index in [2.05, 4.69) is 5.32 Å². The first-order valence-corrected chi connectivity index (χ1v) is 8.11. The van der Waals surface area contributed by atoms with E-state index < -0.39 is 10.0 Å². The Balaban J connectivity index is 2.97. The Kier molecular flexibility index (Phi) is 6.13. The molecule has 1 N–H and O–H groups in total. The van der Waals surface area contributed by atoms with Gasteiger partial charge < -0.3 is 10.2 Å². The lowest BCUT2D eigenvalue weighted by Crippen LogP contribution is -2.33. The molecular formula is C14H25N3O2S. The van der Waals surface area contributed by atoms with Crippen molar-refractivity contribution in [3.63, 3.8) is 0 Å². The maximum absolute atomic E-state index is 12.5. The Morgan fingerprint density at radius 3 is 2.40 bits per heavy atom. The van der Waals surface area contributed by atoms with Gasteiger partial charge in [-0.15, -0.1) is 0 Å². The Hall–Kier alpha value is -0.950. The van der Waals surface area contributed by atoms with Gasteiger partial charge in [0, 0.05) is 26.2 Å². The molecule has 1 aromatic rings. The molecule has 1 unspecified atom stereocenters. The molecule has 114 valence electrons. The van der Waals surface area contributed by atoms with E-state index >= 15 is 0 Å². The van der Waals surface area contributed by atoms with E-state index in [0.717, 1.165) is 5.56 Å². The summed E-state index contributed by atoms with van der Waals surface area (Å²) >= 11 is 0. The first-order valence-electron chi connectivity index (χ1n) is 6.67. The average molecular weight is 299 g/mol. The normalized spacial score (nSPS) is 13.9. The van der Waals surface area contributed by atoms with Crippen molar-refractivity contribution >= 4 is 10.0 Å². The summed E-state index contributed by atoms with van der Waals surface area (Å²) in [6.45, 7) is 3.17. The van der Waals surface area contributed by atoms with Crippen molar-refractivity contribution in [2.75, 3.05) is 41.3 Å². The van der Waals surface area contributed by atoms with E-state index in [9.17, 15) is 8.42 Å². The summed E-state index contributed by atoms with van der Waals surface area (Å²) in [7, 11) is 3.91. The summed E-state index contributed by atoms with van der Waals surface area (Å²) in [6.07, 6.45) is 0. The van der Waals surface area contributed by atoms with Crippen molar-refractivity contribution in [2.24, 2.45) is 0 Å². The number of nitrogens with zero attached hydrogens (tertiary/aromatic N) is 2. The molecule has 0 bridgehead atoms. The standard InChI is InChI=1S/C14H25N3O2S/c1-12(15-2)13-7-6-8-14(11-13)20(18,19)17(5)10-9-16(3)4/h6-8,11-12,15H,9-10H2,1-5H3. The molecule has 0 heterocycles. The van der Waals surface area contributed by atoms with Crippen LogP contribution in [0.15, 0.2) is 29.2 Å². The van der Waals surface area contributed by atoms with Gasteiger partial charge in [0.15, 0.2) is 0 Å². The van der Waals surface area contributed by atoms with Gasteiger partial charge in [-0.1, -0.05) is 12.1 Å². The van der Waals surface area contributed by atoms with Crippen LogP contribution in [0.1, 0.15) is 18.5 Å². The van der Waals surface area contributed by atoms with Crippen LogP contribution < -0.4 is 5.32 Å². The predicted octanol–water partition coefficient (Wildman–Crippen LogP) is 1.15. The Labute approximate surface area is 122 Å². The molecule has 0 aliphatic heterocycles. The van der Waals surface area contributed by atoms with Gasteiger partial charge in [0.25, 0.3) is 0 Å². The van der Waals surface area contributed by atoms with Crippen molar-refractivity contribution in [2.45, 2.75) is 17.9 Å². The van der Waals surface area contributed by atoms with Gasteiger partial charge in [-0.2, -0.15) is 4.31 Å². The molecule has 1 aromatic carbocycles. The predicted molar refractivity (Wildman–Crippen MR) is 82.3 cm³/mol. The first kappa shape index (κ1) is 17.1. The lowest BCUT2D eigenvalue weighted by atomic mass is 10.1. The van der Waals surface area contributed by atoms with E-state index in [4.69, 9.17) is 0 Å². The molecule has 0 radical (unpaired) electrons. The van der Waals surface area contributed by atoms with Gasteiger partial charge in [-0.05, 0) is 45.8 Å². The highest BCUT2D eigenvalue weighted by atomic mass is 32.2. The lowest BCUT2D eigenvalue weighted by molar-refractivity contribution is 0.358. The third-order valence-electron chi connectivity index (χ3n) is 3.36. The Morgan fingerprint density at radius 1 is 1.20 bits per heavy atom. The van der Waals surface area contributed by atoms with E-state index in [-0.39, 0.29) is 6.04 Å². The highest BCUT2D eigenvalue weighted by molar-refractivity contribution is 7.89. The van der Waals surface area contributed by atoms with Gasteiger partial charge in [0.2, 0.25) is 10.0 Å². The van der Waals surface area contributed by atoms with E-state index in [0.29, 0.717) is 18.0 Å². The Morgan fingerprint density at radius 2 is 1.85 bits per heavy atom.